The molecule has 0 saturated heterocycles. The van der Waals surface area contributed by atoms with Crippen molar-refractivity contribution in [3.63, 3.8) is 0 Å². The topological polar surface area (TPSA) is 88.9 Å². The molecule has 0 fully saturated rings. The monoisotopic (exact) mass is 171 g/mol. The Bertz CT molecular complexity index is 212. The molecule has 6 heteroatoms. The summed E-state index contributed by atoms with van der Waals surface area (Å²) in [6, 6.07) is 0. The highest BCUT2D eigenvalue weighted by Gasteiger charge is 2.07. The summed E-state index contributed by atoms with van der Waals surface area (Å²) >= 11 is 0. The lowest BCUT2D eigenvalue weighted by atomic mass is 10.5. The molecule has 12 heavy (non-hydrogen) atoms. The van der Waals surface area contributed by atoms with Crippen LogP contribution in [0.4, 0.5) is 0 Å². The predicted octanol–water partition coefficient (Wildman–Crippen LogP) is -0.779. The second-order valence-electron chi connectivity index (χ2n) is 2.34. The van der Waals surface area contributed by atoms with Crippen LogP contribution in [0.1, 0.15) is 13.3 Å². The third kappa shape index (κ3) is 2.31. The van der Waals surface area contributed by atoms with E-state index in [1.165, 1.54) is 0 Å². The molecule has 0 amide bonds. The van der Waals surface area contributed by atoms with Gasteiger partial charge in [-0.2, -0.15) is 0 Å². The molecule has 0 aromatic heterocycles. The molecule has 0 aromatic rings. The second kappa shape index (κ2) is 3.82. The Morgan fingerprint density at radius 2 is 2.50 bits per heavy atom. The number of hydrogen-bond donors (Lipinski definition) is 3. The molecule has 1 rings (SSSR count). The minimum Gasteiger partial charge on any atom is -0.478 e. The molecule has 0 aromatic carbocycles. The Kier molecular flexibility index (Phi) is 2.76. The Morgan fingerprint density at radius 1 is 1.75 bits per heavy atom. The molecule has 0 spiro atoms. The average molecular weight is 171 g/mol. The first-order chi connectivity index (χ1) is 5.72. The van der Waals surface area contributed by atoms with Gasteiger partial charge in [0.2, 0.25) is 5.88 Å². The smallest absolute Gasteiger partial charge is 0.212 e. The fourth-order valence-electron chi connectivity index (χ4n) is 0.744. The van der Waals surface area contributed by atoms with Gasteiger partial charge >= 0.3 is 0 Å². The lowest BCUT2D eigenvalue weighted by Crippen LogP contribution is -2.44. The van der Waals surface area contributed by atoms with E-state index in [1.807, 2.05) is 6.92 Å². The summed E-state index contributed by atoms with van der Waals surface area (Å²) in [5.41, 5.74) is 8.08. The van der Waals surface area contributed by atoms with Gasteiger partial charge in [0, 0.05) is 6.08 Å². The van der Waals surface area contributed by atoms with E-state index in [9.17, 15) is 0 Å². The van der Waals surface area contributed by atoms with Crippen molar-refractivity contribution < 1.29 is 4.74 Å². The second-order valence-corrected chi connectivity index (χ2v) is 2.34. The SMILES string of the molecule is CCCOC1=CC(N)=NN(N)N1. The molecule has 0 unspecified atom stereocenters. The molecular formula is C6H13N5O. The maximum Gasteiger partial charge on any atom is 0.212 e. The highest BCUT2D eigenvalue weighted by Crippen LogP contribution is 1.99. The number of hydrazone groups is 1. The molecule has 1 heterocycles. The molecule has 0 aliphatic carbocycles. The van der Waals surface area contributed by atoms with Gasteiger partial charge in [0.1, 0.15) is 0 Å². The third-order valence-electron chi connectivity index (χ3n) is 1.19. The Hall–Kier alpha value is -1.43. The van der Waals surface area contributed by atoms with E-state index in [-0.39, 0.29) is 0 Å². The molecule has 5 N–H and O–H groups in total. The number of hydrogen-bond acceptors (Lipinski definition) is 6. The zero-order valence-corrected chi connectivity index (χ0v) is 6.95. The molecule has 0 saturated carbocycles. The van der Waals surface area contributed by atoms with Gasteiger partial charge in [-0.15, -0.1) is 10.3 Å². The van der Waals surface area contributed by atoms with E-state index >= 15 is 0 Å². The lowest BCUT2D eigenvalue weighted by Gasteiger charge is -2.21. The summed E-state index contributed by atoms with van der Waals surface area (Å²) in [6.45, 7) is 2.64. The number of ether oxygens (including phenoxy) is 1. The first-order valence-electron chi connectivity index (χ1n) is 3.72. The zero-order chi connectivity index (χ0) is 8.97. The molecule has 0 atom stereocenters. The molecular weight excluding hydrogens is 158 g/mol. The third-order valence-corrected chi connectivity index (χ3v) is 1.19. The van der Waals surface area contributed by atoms with E-state index < -0.39 is 0 Å². The van der Waals surface area contributed by atoms with E-state index in [1.54, 1.807) is 6.08 Å². The summed E-state index contributed by atoms with van der Waals surface area (Å²) in [5, 5.41) is 4.69. The van der Waals surface area contributed by atoms with Gasteiger partial charge in [0.05, 0.1) is 6.61 Å². The van der Waals surface area contributed by atoms with Crippen LogP contribution in [0.15, 0.2) is 17.1 Å². The Morgan fingerprint density at radius 3 is 3.08 bits per heavy atom. The maximum atomic E-state index is 5.42. The van der Waals surface area contributed by atoms with E-state index in [0.29, 0.717) is 18.3 Å². The number of amidine groups is 1. The summed E-state index contributed by atoms with van der Waals surface area (Å²) in [4.78, 5) is 0. The predicted molar refractivity (Wildman–Crippen MR) is 45.1 cm³/mol. The van der Waals surface area contributed by atoms with Crippen LogP contribution in [0, 0.1) is 0 Å². The van der Waals surface area contributed by atoms with Gasteiger partial charge in [-0.25, -0.2) is 11.3 Å². The highest BCUT2D eigenvalue weighted by atomic mass is 16.5. The van der Waals surface area contributed by atoms with Crippen molar-refractivity contribution >= 4 is 5.84 Å². The standard InChI is InChI=1S/C6H13N5O/c1-2-3-12-6-4-5(7)9-11(8)10-6/h4,10H,2-3,8H2,1H3,(H2,7,9). The lowest BCUT2D eigenvalue weighted by molar-refractivity contribution is 0.112. The van der Waals surface area contributed by atoms with Crippen LogP contribution in [-0.2, 0) is 4.74 Å². The molecule has 0 bridgehead atoms. The number of rotatable bonds is 3. The average Bonchev–Trinajstić information content (AvgIpc) is 1.99. The normalized spacial score (nSPS) is 16.3. The molecule has 0 radical (unpaired) electrons. The summed E-state index contributed by atoms with van der Waals surface area (Å²) in [7, 11) is 0. The van der Waals surface area contributed by atoms with Crippen LogP contribution >= 0.6 is 0 Å². The zero-order valence-electron chi connectivity index (χ0n) is 6.95. The van der Waals surface area contributed by atoms with Crippen molar-refractivity contribution in [1.29, 1.82) is 0 Å². The van der Waals surface area contributed by atoms with Crippen LogP contribution in [0.5, 0.6) is 0 Å². The Labute approximate surface area is 70.8 Å². The van der Waals surface area contributed by atoms with Gasteiger partial charge in [-0.3, -0.25) is 0 Å². The van der Waals surface area contributed by atoms with Crippen LogP contribution in [0.3, 0.4) is 0 Å². The Balaban J connectivity index is 2.49. The van der Waals surface area contributed by atoms with Crippen LogP contribution in [0.2, 0.25) is 0 Å². The first-order valence-corrected chi connectivity index (χ1v) is 3.72. The fraction of sp³-hybridized carbons (Fsp3) is 0.500. The van der Waals surface area contributed by atoms with Crippen molar-refractivity contribution in [3.05, 3.63) is 12.0 Å². The summed E-state index contributed by atoms with van der Waals surface area (Å²) in [6.07, 6.45) is 2.51. The first kappa shape index (κ1) is 8.66. The van der Waals surface area contributed by atoms with Gasteiger partial charge in [-0.05, 0) is 6.42 Å². The maximum absolute atomic E-state index is 5.42. The minimum atomic E-state index is 0.322. The van der Waals surface area contributed by atoms with E-state index in [4.69, 9.17) is 16.3 Å². The molecule has 6 nitrogen and oxygen atoms in total. The van der Waals surface area contributed by atoms with Gasteiger partial charge < -0.3 is 10.5 Å². The summed E-state index contributed by atoms with van der Waals surface area (Å²) < 4.78 is 5.24. The van der Waals surface area contributed by atoms with Crippen LogP contribution in [-0.4, -0.2) is 17.7 Å². The van der Waals surface area contributed by atoms with Crippen molar-refractivity contribution in [1.82, 2.24) is 10.7 Å². The number of nitrogens with zero attached hydrogens (tertiary/aromatic N) is 2. The largest absolute Gasteiger partial charge is 0.478 e. The number of nitrogens with two attached hydrogens (primary N) is 2. The quantitative estimate of drug-likeness (QED) is 0.485. The molecule has 1 aliphatic heterocycles. The van der Waals surface area contributed by atoms with Crippen molar-refractivity contribution in [2.75, 3.05) is 6.61 Å². The van der Waals surface area contributed by atoms with Crippen molar-refractivity contribution in [3.8, 4) is 0 Å². The van der Waals surface area contributed by atoms with Crippen LogP contribution in [0.25, 0.3) is 0 Å². The molecule has 68 valence electrons. The van der Waals surface area contributed by atoms with Gasteiger partial charge in [-0.1, -0.05) is 6.92 Å². The van der Waals surface area contributed by atoms with Crippen molar-refractivity contribution in [2.24, 2.45) is 16.7 Å². The minimum absolute atomic E-state index is 0.322. The van der Waals surface area contributed by atoms with Crippen molar-refractivity contribution in [2.45, 2.75) is 13.3 Å². The summed E-state index contributed by atoms with van der Waals surface area (Å²) in [5.74, 6) is 6.16. The fourth-order valence-corrected chi connectivity index (χ4v) is 0.744. The molecule has 1 aliphatic rings. The van der Waals surface area contributed by atoms with E-state index in [2.05, 4.69) is 10.5 Å². The van der Waals surface area contributed by atoms with Gasteiger partial charge in [0.25, 0.3) is 0 Å². The van der Waals surface area contributed by atoms with Crippen LogP contribution < -0.4 is 17.0 Å². The number of hydrazine groups is 2. The highest BCUT2D eigenvalue weighted by molar-refractivity contribution is 5.91. The number of nitrogens with one attached hydrogen (secondary N) is 1. The van der Waals surface area contributed by atoms with Gasteiger partial charge in [0.15, 0.2) is 5.84 Å². The van der Waals surface area contributed by atoms with E-state index in [0.717, 1.165) is 11.6 Å².